The van der Waals surface area contributed by atoms with Gasteiger partial charge in [-0.3, -0.25) is 9.69 Å². The van der Waals surface area contributed by atoms with Crippen LogP contribution in [-0.4, -0.2) is 55.3 Å². The fourth-order valence-electron chi connectivity index (χ4n) is 5.78. The number of benzene rings is 1. The Hall–Kier alpha value is -1.20. The Labute approximate surface area is 173 Å². The molecular weight excluding hydrogens is 366 g/mol. The maximum Gasteiger partial charge on any atom is 0.220 e. The fraction of sp³-hybridized carbons (Fsp3) is 0.696. The minimum absolute atomic E-state index is 0.281. The van der Waals surface area contributed by atoms with E-state index in [-0.39, 0.29) is 5.91 Å². The number of anilines is 1. The van der Waals surface area contributed by atoms with Gasteiger partial charge < -0.3 is 10.2 Å². The van der Waals surface area contributed by atoms with Gasteiger partial charge >= 0.3 is 0 Å². The van der Waals surface area contributed by atoms with Crippen LogP contribution in [0.1, 0.15) is 44.1 Å². The quantitative estimate of drug-likeness (QED) is 0.840. The first-order valence-corrected chi connectivity index (χ1v) is 12.3. The predicted molar refractivity (Wildman–Crippen MR) is 116 cm³/mol. The zero-order chi connectivity index (χ0) is 18.9. The lowest BCUT2D eigenvalue weighted by molar-refractivity contribution is -0.125. The van der Waals surface area contributed by atoms with Gasteiger partial charge in [-0.2, -0.15) is 0 Å². The second kappa shape index (κ2) is 8.27. The number of amides is 1. The van der Waals surface area contributed by atoms with Crippen molar-refractivity contribution in [3.05, 3.63) is 23.8 Å². The number of hydrogen-bond donors (Lipinski definition) is 1. The normalized spacial score (nSPS) is 30.6. The lowest BCUT2D eigenvalue weighted by Gasteiger charge is -2.41. The maximum absolute atomic E-state index is 11.7. The van der Waals surface area contributed by atoms with E-state index in [1.807, 2.05) is 11.8 Å². The van der Waals surface area contributed by atoms with Crippen molar-refractivity contribution < 1.29 is 4.79 Å². The zero-order valence-electron chi connectivity index (χ0n) is 16.9. The number of carbonyl (C=O) groups is 1. The molecule has 1 aromatic rings. The van der Waals surface area contributed by atoms with Crippen LogP contribution in [0.25, 0.3) is 0 Å². The number of nitrogens with zero attached hydrogens (tertiary/aromatic N) is 2. The van der Waals surface area contributed by atoms with Gasteiger partial charge in [-0.05, 0) is 74.6 Å². The van der Waals surface area contributed by atoms with Crippen LogP contribution in [0.5, 0.6) is 0 Å². The smallest absolute Gasteiger partial charge is 0.220 e. The summed E-state index contributed by atoms with van der Waals surface area (Å²) in [6.07, 6.45) is 8.30. The van der Waals surface area contributed by atoms with Gasteiger partial charge in [0.25, 0.3) is 0 Å². The van der Waals surface area contributed by atoms with Crippen molar-refractivity contribution in [3.63, 3.8) is 0 Å². The number of hydrogen-bond acceptors (Lipinski definition) is 4. The van der Waals surface area contributed by atoms with E-state index >= 15 is 0 Å². The molecule has 3 atom stereocenters. The van der Waals surface area contributed by atoms with Crippen LogP contribution in [0.4, 0.5) is 5.69 Å². The number of piperazine rings is 1. The zero-order valence-corrected chi connectivity index (χ0v) is 17.7. The van der Waals surface area contributed by atoms with Crippen molar-refractivity contribution >= 4 is 23.4 Å². The molecule has 0 spiro atoms. The lowest BCUT2D eigenvalue weighted by atomic mass is 9.73. The Morgan fingerprint density at radius 1 is 1.07 bits per heavy atom. The summed E-state index contributed by atoms with van der Waals surface area (Å²) in [7, 11) is 0. The van der Waals surface area contributed by atoms with Crippen molar-refractivity contribution in [1.29, 1.82) is 0 Å². The summed E-state index contributed by atoms with van der Waals surface area (Å²) >= 11 is 2.02. The predicted octanol–water partition coefficient (Wildman–Crippen LogP) is 3.54. The van der Waals surface area contributed by atoms with Crippen LogP contribution < -0.4 is 10.2 Å². The molecule has 3 aliphatic heterocycles. The van der Waals surface area contributed by atoms with E-state index in [4.69, 9.17) is 0 Å². The van der Waals surface area contributed by atoms with Crippen molar-refractivity contribution in [2.24, 2.45) is 11.8 Å². The number of rotatable bonds is 4. The highest BCUT2D eigenvalue weighted by atomic mass is 32.2. The van der Waals surface area contributed by atoms with Crippen LogP contribution in [0.2, 0.25) is 0 Å². The molecule has 5 rings (SSSR count). The molecule has 3 unspecified atom stereocenters. The van der Waals surface area contributed by atoms with Gasteiger partial charge in [0.2, 0.25) is 5.91 Å². The Morgan fingerprint density at radius 3 is 2.86 bits per heavy atom. The second-order valence-electron chi connectivity index (χ2n) is 9.12. The summed E-state index contributed by atoms with van der Waals surface area (Å²) in [6, 6.07) is 7.32. The molecule has 5 heteroatoms. The van der Waals surface area contributed by atoms with Crippen molar-refractivity contribution in [1.82, 2.24) is 10.2 Å². The summed E-state index contributed by atoms with van der Waals surface area (Å²) in [5.74, 6) is 3.08. The van der Waals surface area contributed by atoms with Crippen LogP contribution in [0.3, 0.4) is 0 Å². The second-order valence-corrected chi connectivity index (χ2v) is 10.3. The van der Waals surface area contributed by atoms with E-state index in [9.17, 15) is 4.79 Å². The molecule has 0 radical (unpaired) electrons. The Kier molecular flexibility index (Phi) is 5.56. The summed E-state index contributed by atoms with van der Waals surface area (Å²) < 4.78 is 0. The molecule has 152 valence electrons. The van der Waals surface area contributed by atoms with Gasteiger partial charge in [-0.25, -0.2) is 0 Å². The summed E-state index contributed by atoms with van der Waals surface area (Å²) in [6.45, 7) is 5.92. The van der Waals surface area contributed by atoms with E-state index in [1.54, 1.807) is 5.56 Å². The molecule has 1 N–H and O–H groups in total. The van der Waals surface area contributed by atoms with Gasteiger partial charge in [0.05, 0.1) is 0 Å². The number of thioether (sulfide) groups is 1. The largest absolute Gasteiger partial charge is 0.369 e. The van der Waals surface area contributed by atoms with E-state index < -0.39 is 0 Å². The first kappa shape index (κ1) is 18.8. The molecule has 4 nitrogen and oxygen atoms in total. The van der Waals surface area contributed by atoms with E-state index in [2.05, 4.69) is 33.3 Å². The number of fused-ring (bicyclic) bond motifs is 2. The van der Waals surface area contributed by atoms with E-state index in [0.717, 1.165) is 37.8 Å². The third-order valence-electron chi connectivity index (χ3n) is 7.48. The van der Waals surface area contributed by atoms with Crippen molar-refractivity contribution in [3.8, 4) is 0 Å². The molecule has 1 aromatic carbocycles. The molecule has 4 aliphatic rings. The Balaban J connectivity index is 1.10. The van der Waals surface area contributed by atoms with Gasteiger partial charge in [-0.1, -0.05) is 6.07 Å². The minimum atomic E-state index is 0.281. The molecule has 28 heavy (non-hydrogen) atoms. The van der Waals surface area contributed by atoms with Crippen LogP contribution >= 0.6 is 11.8 Å². The number of carbonyl (C=O) groups excluding carboxylic acids is 1. The first-order chi connectivity index (χ1) is 13.8. The summed E-state index contributed by atoms with van der Waals surface area (Å²) in [4.78, 5) is 18.5. The third kappa shape index (κ3) is 3.93. The summed E-state index contributed by atoms with van der Waals surface area (Å²) in [5, 5.41) is 3.27. The van der Waals surface area contributed by atoms with Crippen molar-refractivity contribution in [2.45, 2.75) is 55.9 Å². The fourth-order valence-corrected chi connectivity index (χ4v) is 6.86. The summed E-state index contributed by atoms with van der Waals surface area (Å²) in [5.41, 5.74) is 3.08. The Bertz CT molecular complexity index is 716. The highest BCUT2D eigenvalue weighted by Gasteiger charge is 2.34. The molecule has 2 saturated heterocycles. The minimum Gasteiger partial charge on any atom is -0.369 e. The molecule has 1 aliphatic carbocycles. The number of piperidine rings is 1. The number of nitrogens with one attached hydrogen (secondary N) is 1. The molecule has 1 amide bonds. The monoisotopic (exact) mass is 399 g/mol. The average molecular weight is 400 g/mol. The first-order valence-electron chi connectivity index (χ1n) is 11.3. The van der Waals surface area contributed by atoms with E-state index in [1.165, 1.54) is 68.1 Å². The lowest BCUT2D eigenvalue weighted by Crippen LogP contribution is -2.49. The van der Waals surface area contributed by atoms with Gasteiger partial charge in [0, 0.05) is 55.0 Å². The van der Waals surface area contributed by atoms with Crippen LogP contribution in [0.15, 0.2) is 23.1 Å². The highest BCUT2D eigenvalue weighted by Crippen LogP contribution is 2.38. The Morgan fingerprint density at radius 2 is 1.96 bits per heavy atom. The third-order valence-corrected chi connectivity index (χ3v) is 8.58. The maximum atomic E-state index is 11.7. The van der Waals surface area contributed by atoms with Gasteiger partial charge in [0.1, 0.15) is 0 Å². The van der Waals surface area contributed by atoms with Crippen molar-refractivity contribution in [2.75, 3.05) is 43.4 Å². The molecule has 3 fully saturated rings. The van der Waals surface area contributed by atoms with Crippen LogP contribution in [0, 0.1) is 11.8 Å². The SMILES string of the molecule is O=C1CCC2CCC(CCN3CCN(c4cccc5c4CCS5)CC3)CC2N1. The average Bonchev–Trinajstić information content (AvgIpc) is 3.21. The molecule has 1 saturated carbocycles. The van der Waals surface area contributed by atoms with Gasteiger partial charge in [0.15, 0.2) is 0 Å². The molecule has 3 heterocycles. The standard InChI is InChI=1S/C23H33N3OS/c27-23-7-6-18-5-4-17(16-20(18)24-23)8-10-25-11-13-26(14-12-25)21-2-1-3-22-19(21)9-15-28-22/h1-3,17-18,20H,4-16H2,(H,24,27). The highest BCUT2D eigenvalue weighted by molar-refractivity contribution is 7.99. The molecule has 0 aromatic heterocycles. The van der Waals surface area contributed by atoms with Gasteiger partial charge in [-0.15, -0.1) is 11.8 Å². The van der Waals surface area contributed by atoms with Crippen LogP contribution in [-0.2, 0) is 11.2 Å². The molecular formula is C23H33N3OS. The van der Waals surface area contributed by atoms with E-state index in [0.29, 0.717) is 6.04 Å². The molecule has 0 bridgehead atoms. The topological polar surface area (TPSA) is 35.6 Å².